The van der Waals surface area contributed by atoms with E-state index in [0.29, 0.717) is 10.9 Å². The Hall–Kier alpha value is -1.72. The molecule has 1 atom stereocenters. The first kappa shape index (κ1) is 20.0. The molecule has 0 aromatic heterocycles. The second-order valence-electron chi connectivity index (χ2n) is 7.62. The highest BCUT2D eigenvalue weighted by molar-refractivity contribution is 7.90. The van der Waals surface area contributed by atoms with Crippen LogP contribution in [0.15, 0.2) is 53.4 Å². The van der Waals surface area contributed by atoms with E-state index in [1.54, 1.807) is 30.3 Å². The van der Waals surface area contributed by atoms with E-state index in [2.05, 4.69) is 12.2 Å². The zero-order valence-corrected chi connectivity index (χ0v) is 16.8. The summed E-state index contributed by atoms with van der Waals surface area (Å²) in [7, 11) is -3.28. The number of benzene rings is 2. The zero-order valence-electron chi connectivity index (χ0n) is 16.0. The lowest BCUT2D eigenvalue weighted by Gasteiger charge is -2.32. The van der Waals surface area contributed by atoms with E-state index in [1.165, 1.54) is 37.7 Å². The fourth-order valence-corrected chi connectivity index (χ4v) is 4.61. The number of hydrogen-bond donors (Lipinski definition) is 1. The van der Waals surface area contributed by atoms with Crippen molar-refractivity contribution in [3.63, 3.8) is 0 Å². The summed E-state index contributed by atoms with van der Waals surface area (Å²) in [6, 6.07) is 13.7. The predicted molar refractivity (Wildman–Crippen MR) is 107 cm³/mol. The Balaban J connectivity index is 1.90. The highest BCUT2D eigenvalue weighted by atomic mass is 32.2. The van der Waals surface area contributed by atoms with Crippen molar-refractivity contribution in [2.45, 2.75) is 56.0 Å². The van der Waals surface area contributed by atoms with Crippen molar-refractivity contribution < 1.29 is 12.8 Å². The normalized spacial score (nSPS) is 21.7. The summed E-state index contributed by atoms with van der Waals surface area (Å²) in [5.41, 5.74) is 1.84. The van der Waals surface area contributed by atoms with E-state index < -0.39 is 9.84 Å². The van der Waals surface area contributed by atoms with Gasteiger partial charge in [-0.15, -0.1) is 0 Å². The van der Waals surface area contributed by atoms with Crippen LogP contribution in [0.5, 0.6) is 0 Å². The molecule has 1 aliphatic carbocycles. The van der Waals surface area contributed by atoms with Gasteiger partial charge in [-0.1, -0.05) is 37.6 Å². The minimum atomic E-state index is -3.28. The highest BCUT2D eigenvalue weighted by Gasteiger charge is 2.24. The van der Waals surface area contributed by atoms with Crippen LogP contribution in [-0.4, -0.2) is 20.7 Å². The monoisotopic (exact) mass is 389 g/mol. The van der Waals surface area contributed by atoms with Gasteiger partial charge in [0, 0.05) is 12.3 Å². The summed E-state index contributed by atoms with van der Waals surface area (Å²) in [5.74, 6) is 0.534. The average Bonchev–Trinajstić information content (AvgIpc) is 2.67. The maximum Gasteiger partial charge on any atom is 0.175 e. The number of hydrogen-bond acceptors (Lipinski definition) is 3. The Morgan fingerprint density at radius 3 is 2.30 bits per heavy atom. The Kier molecular flexibility index (Phi) is 6.33. The van der Waals surface area contributed by atoms with Gasteiger partial charge in [-0.25, -0.2) is 12.8 Å². The first-order valence-electron chi connectivity index (χ1n) is 9.68. The minimum Gasteiger partial charge on any atom is -0.303 e. The third-order valence-corrected chi connectivity index (χ3v) is 6.76. The van der Waals surface area contributed by atoms with E-state index in [9.17, 15) is 12.8 Å². The van der Waals surface area contributed by atoms with Crippen molar-refractivity contribution in [1.82, 2.24) is 5.32 Å². The fraction of sp³-hybridized carbons (Fsp3) is 0.455. The van der Waals surface area contributed by atoms with Crippen LogP contribution in [0.3, 0.4) is 0 Å². The molecule has 0 radical (unpaired) electrons. The van der Waals surface area contributed by atoms with E-state index in [0.717, 1.165) is 29.9 Å². The van der Waals surface area contributed by atoms with Gasteiger partial charge in [-0.3, -0.25) is 0 Å². The van der Waals surface area contributed by atoms with Crippen molar-refractivity contribution in [3.05, 3.63) is 65.5 Å². The summed E-state index contributed by atoms with van der Waals surface area (Å²) in [6.45, 7) is 2.25. The quantitative estimate of drug-likeness (QED) is 0.766. The predicted octanol–water partition coefficient (Wildman–Crippen LogP) is 4.88. The van der Waals surface area contributed by atoms with E-state index >= 15 is 0 Å². The molecule has 3 rings (SSSR count). The van der Waals surface area contributed by atoms with Crippen LogP contribution in [0.1, 0.15) is 56.2 Å². The molecule has 3 nitrogen and oxygen atoms in total. The number of halogens is 1. The second-order valence-corrected chi connectivity index (χ2v) is 9.64. The average molecular weight is 390 g/mol. The topological polar surface area (TPSA) is 46.2 Å². The molecule has 0 bridgehead atoms. The smallest absolute Gasteiger partial charge is 0.175 e. The molecule has 0 saturated heterocycles. The van der Waals surface area contributed by atoms with Crippen molar-refractivity contribution in [3.8, 4) is 0 Å². The molecule has 27 heavy (non-hydrogen) atoms. The minimum absolute atomic E-state index is 0.157. The first-order valence-corrected chi connectivity index (χ1v) is 11.6. The van der Waals surface area contributed by atoms with E-state index in [4.69, 9.17) is 0 Å². The van der Waals surface area contributed by atoms with Crippen LogP contribution in [0.25, 0.3) is 0 Å². The Bertz CT molecular complexity index is 856. The van der Waals surface area contributed by atoms with Gasteiger partial charge in [0.25, 0.3) is 0 Å². The molecule has 1 saturated carbocycles. The number of nitrogens with one attached hydrogen (secondary N) is 1. The van der Waals surface area contributed by atoms with Gasteiger partial charge < -0.3 is 5.32 Å². The molecule has 0 heterocycles. The molecule has 1 N–H and O–H groups in total. The van der Waals surface area contributed by atoms with Crippen molar-refractivity contribution in [1.29, 1.82) is 0 Å². The molecule has 0 spiro atoms. The zero-order chi connectivity index (χ0) is 19.4. The SMILES string of the molecule is CCC1CCC(NC(c2ccc(F)cc2)c2cccc(S(C)(=O)=O)c2)CC1. The van der Waals surface area contributed by atoms with E-state index in [1.807, 2.05) is 6.07 Å². The molecule has 0 amide bonds. The molecular formula is C22H28FNO2S. The summed E-state index contributed by atoms with van der Waals surface area (Å²) in [5, 5.41) is 3.71. The summed E-state index contributed by atoms with van der Waals surface area (Å²) < 4.78 is 37.4. The second kappa shape index (κ2) is 8.53. The Morgan fingerprint density at radius 1 is 1.04 bits per heavy atom. The third-order valence-electron chi connectivity index (χ3n) is 5.65. The third kappa shape index (κ3) is 5.17. The maximum absolute atomic E-state index is 13.4. The summed E-state index contributed by atoms with van der Waals surface area (Å²) in [6.07, 6.45) is 7.11. The van der Waals surface area contributed by atoms with Crippen LogP contribution in [-0.2, 0) is 9.84 Å². The number of sulfone groups is 1. The van der Waals surface area contributed by atoms with Crippen molar-refractivity contribution in [2.75, 3.05) is 6.26 Å². The Labute approximate surface area is 161 Å². The standard InChI is InChI=1S/C22H28FNO2S/c1-3-16-7-13-20(14-8-16)24-22(17-9-11-19(23)12-10-17)18-5-4-6-21(15-18)27(2,25)26/h4-6,9-12,15-16,20,22,24H,3,7-8,13-14H2,1-2H3. The molecule has 1 unspecified atom stereocenters. The molecule has 1 fully saturated rings. The van der Waals surface area contributed by atoms with Gasteiger partial charge >= 0.3 is 0 Å². The highest BCUT2D eigenvalue weighted by Crippen LogP contribution is 2.31. The van der Waals surface area contributed by atoms with Crippen LogP contribution < -0.4 is 5.32 Å². The summed E-state index contributed by atoms with van der Waals surface area (Å²) >= 11 is 0. The van der Waals surface area contributed by atoms with Crippen LogP contribution in [0.4, 0.5) is 4.39 Å². The van der Waals surface area contributed by atoms with Gasteiger partial charge in [0.2, 0.25) is 0 Å². The van der Waals surface area contributed by atoms with Crippen LogP contribution >= 0.6 is 0 Å². The van der Waals surface area contributed by atoms with Crippen molar-refractivity contribution >= 4 is 9.84 Å². The van der Waals surface area contributed by atoms with Crippen molar-refractivity contribution in [2.24, 2.45) is 5.92 Å². The lowest BCUT2D eigenvalue weighted by atomic mass is 9.83. The largest absolute Gasteiger partial charge is 0.303 e. The van der Waals surface area contributed by atoms with Gasteiger partial charge in [0.05, 0.1) is 10.9 Å². The first-order chi connectivity index (χ1) is 12.9. The molecule has 1 aliphatic rings. The summed E-state index contributed by atoms with van der Waals surface area (Å²) in [4.78, 5) is 0.309. The van der Waals surface area contributed by atoms with Gasteiger partial charge in [0.15, 0.2) is 9.84 Å². The molecular weight excluding hydrogens is 361 g/mol. The molecule has 146 valence electrons. The Morgan fingerprint density at radius 2 is 1.70 bits per heavy atom. The molecule has 0 aliphatic heterocycles. The maximum atomic E-state index is 13.4. The lowest BCUT2D eigenvalue weighted by molar-refractivity contribution is 0.277. The van der Waals surface area contributed by atoms with Crippen LogP contribution in [0.2, 0.25) is 0 Å². The van der Waals surface area contributed by atoms with E-state index in [-0.39, 0.29) is 11.9 Å². The number of rotatable bonds is 6. The van der Waals surface area contributed by atoms with Gasteiger partial charge in [-0.2, -0.15) is 0 Å². The molecule has 2 aromatic rings. The fourth-order valence-electron chi connectivity index (χ4n) is 3.94. The van der Waals surface area contributed by atoms with Gasteiger partial charge in [0.1, 0.15) is 5.82 Å². The van der Waals surface area contributed by atoms with Gasteiger partial charge in [-0.05, 0) is 67.0 Å². The molecule has 2 aromatic carbocycles. The van der Waals surface area contributed by atoms with Crippen LogP contribution in [0, 0.1) is 11.7 Å². The molecule has 5 heteroatoms. The lowest BCUT2D eigenvalue weighted by Crippen LogP contribution is -2.36.